The summed E-state index contributed by atoms with van der Waals surface area (Å²) in [6.07, 6.45) is 3.50. The van der Waals surface area contributed by atoms with E-state index in [1.165, 1.54) is 33.6 Å². The lowest BCUT2D eigenvalue weighted by atomic mass is 10.1. The summed E-state index contributed by atoms with van der Waals surface area (Å²) in [5.74, 6) is 0.257. The number of phenols is 1. The summed E-state index contributed by atoms with van der Waals surface area (Å²) in [5, 5.41) is 16.5. The predicted molar refractivity (Wildman–Crippen MR) is 116 cm³/mol. The predicted octanol–water partition coefficient (Wildman–Crippen LogP) is 2.03. The molecule has 3 N–H and O–H groups in total. The Hall–Kier alpha value is -4.01. The summed E-state index contributed by atoms with van der Waals surface area (Å²) in [6.45, 7) is 3.38. The molecular weight excluding hydrogens is 402 g/mol. The van der Waals surface area contributed by atoms with Gasteiger partial charge in [0.1, 0.15) is 0 Å². The Balaban J connectivity index is 1.95. The zero-order chi connectivity index (χ0) is 22.8. The fourth-order valence-electron chi connectivity index (χ4n) is 2.69. The van der Waals surface area contributed by atoms with Gasteiger partial charge in [0.05, 0.1) is 34.1 Å². The number of amides is 2. The molecule has 0 atom stereocenters. The Morgan fingerprint density at radius 3 is 2.42 bits per heavy atom. The number of benzene rings is 2. The van der Waals surface area contributed by atoms with Crippen molar-refractivity contribution in [2.45, 2.75) is 6.42 Å². The largest absolute Gasteiger partial charge is 0.504 e. The van der Waals surface area contributed by atoms with E-state index in [0.29, 0.717) is 34.6 Å². The lowest BCUT2D eigenvalue weighted by Gasteiger charge is -2.10. The molecule has 9 nitrogen and oxygen atoms in total. The SMILES string of the molecule is C=CCc1cc(C=NNC(=O)CNC(=O)c2ccc(OC)c(OC)c2)cc(OC)c1O. The highest BCUT2D eigenvalue weighted by Crippen LogP contribution is 2.31. The van der Waals surface area contributed by atoms with Crippen molar-refractivity contribution >= 4 is 18.0 Å². The minimum absolute atomic E-state index is 0.0291. The average molecular weight is 427 g/mol. The van der Waals surface area contributed by atoms with Crippen molar-refractivity contribution in [3.63, 3.8) is 0 Å². The highest BCUT2D eigenvalue weighted by molar-refractivity contribution is 5.97. The van der Waals surface area contributed by atoms with Gasteiger partial charge in [-0.2, -0.15) is 5.10 Å². The summed E-state index contributed by atoms with van der Waals surface area (Å²) in [7, 11) is 4.41. The second kappa shape index (κ2) is 11.2. The molecule has 2 aromatic rings. The molecule has 0 aliphatic carbocycles. The molecule has 0 saturated heterocycles. The van der Waals surface area contributed by atoms with Crippen molar-refractivity contribution in [3.8, 4) is 23.0 Å². The van der Waals surface area contributed by atoms with Gasteiger partial charge in [0.2, 0.25) is 0 Å². The maximum absolute atomic E-state index is 12.2. The third-order valence-electron chi connectivity index (χ3n) is 4.22. The van der Waals surface area contributed by atoms with Crippen LogP contribution in [0.4, 0.5) is 0 Å². The van der Waals surface area contributed by atoms with Crippen LogP contribution in [0.25, 0.3) is 0 Å². The highest BCUT2D eigenvalue weighted by atomic mass is 16.5. The van der Waals surface area contributed by atoms with Crippen LogP contribution in [0, 0.1) is 0 Å². The van der Waals surface area contributed by atoms with Crippen LogP contribution < -0.4 is 25.0 Å². The average Bonchev–Trinajstić information content (AvgIpc) is 2.78. The number of methoxy groups -OCH3 is 3. The van der Waals surface area contributed by atoms with E-state index in [1.54, 1.807) is 30.3 Å². The molecule has 2 amide bonds. The topological polar surface area (TPSA) is 118 Å². The molecule has 0 heterocycles. The molecule has 2 rings (SSSR count). The molecule has 0 aliphatic heterocycles. The molecule has 164 valence electrons. The Labute approximate surface area is 180 Å². The molecule has 0 fully saturated rings. The number of nitrogens with one attached hydrogen (secondary N) is 2. The first-order valence-electron chi connectivity index (χ1n) is 9.26. The molecular formula is C22H25N3O6. The van der Waals surface area contributed by atoms with Crippen LogP contribution in [0.2, 0.25) is 0 Å². The highest BCUT2D eigenvalue weighted by Gasteiger charge is 2.12. The van der Waals surface area contributed by atoms with E-state index in [1.807, 2.05) is 0 Å². The quantitative estimate of drug-likeness (QED) is 0.303. The van der Waals surface area contributed by atoms with Gasteiger partial charge in [0.15, 0.2) is 23.0 Å². The molecule has 9 heteroatoms. The first-order chi connectivity index (χ1) is 14.9. The lowest BCUT2D eigenvalue weighted by molar-refractivity contribution is -0.120. The molecule has 0 radical (unpaired) electrons. The maximum Gasteiger partial charge on any atom is 0.259 e. The molecule has 31 heavy (non-hydrogen) atoms. The minimum Gasteiger partial charge on any atom is -0.504 e. The van der Waals surface area contributed by atoms with Gasteiger partial charge in [0, 0.05) is 11.1 Å². The fraction of sp³-hybridized carbons (Fsp3) is 0.227. The van der Waals surface area contributed by atoms with Gasteiger partial charge < -0.3 is 24.6 Å². The third kappa shape index (κ3) is 6.23. The van der Waals surface area contributed by atoms with Crippen LogP contribution in [0.15, 0.2) is 48.1 Å². The second-order valence-electron chi connectivity index (χ2n) is 6.27. The molecule has 0 saturated carbocycles. The number of hydrogen-bond donors (Lipinski definition) is 3. The van der Waals surface area contributed by atoms with Crippen LogP contribution in [-0.2, 0) is 11.2 Å². The minimum atomic E-state index is -0.512. The normalized spacial score (nSPS) is 10.4. The monoisotopic (exact) mass is 427 g/mol. The van der Waals surface area contributed by atoms with E-state index in [9.17, 15) is 14.7 Å². The number of hydrazone groups is 1. The molecule has 0 spiro atoms. The maximum atomic E-state index is 12.2. The number of allylic oxidation sites excluding steroid dienone is 1. The van der Waals surface area contributed by atoms with E-state index < -0.39 is 11.8 Å². The third-order valence-corrected chi connectivity index (χ3v) is 4.22. The van der Waals surface area contributed by atoms with E-state index in [-0.39, 0.29) is 18.0 Å². The van der Waals surface area contributed by atoms with Crippen LogP contribution in [0.1, 0.15) is 21.5 Å². The number of rotatable bonds is 10. The van der Waals surface area contributed by atoms with Gasteiger partial charge in [-0.15, -0.1) is 6.58 Å². The number of aromatic hydroxyl groups is 1. The van der Waals surface area contributed by atoms with Crippen molar-refractivity contribution < 1.29 is 28.9 Å². The number of hydrogen-bond acceptors (Lipinski definition) is 7. The van der Waals surface area contributed by atoms with Crippen molar-refractivity contribution in [1.82, 2.24) is 10.7 Å². The van der Waals surface area contributed by atoms with E-state index in [2.05, 4.69) is 22.4 Å². The van der Waals surface area contributed by atoms with E-state index in [0.717, 1.165) is 0 Å². The number of carbonyl (C=O) groups is 2. The molecule has 0 aromatic heterocycles. The van der Waals surface area contributed by atoms with Gasteiger partial charge in [-0.05, 0) is 42.3 Å². The Morgan fingerprint density at radius 1 is 1.06 bits per heavy atom. The standard InChI is InChI=1S/C22H25N3O6/c1-5-6-15-9-14(10-19(31-4)21(15)27)12-24-25-20(26)13-23-22(28)16-7-8-17(29-2)18(11-16)30-3/h5,7-12,27H,1,6,13H2,2-4H3,(H,23,28)(H,25,26). The lowest BCUT2D eigenvalue weighted by Crippen LogP contribution is -2.34. The Morgan fingerprint density at radius 2 is 1.77 bits per heavy atom. The van der Waals surface area contributed by atoms with Gasteiger partial charge >= 0.3 is 0 Å². The van der Waals surface area contributed by atoms with Gasteiger partial charge in [-0.3, -0.25) is 9.59 Å². The zero-order valence-electron chi connectivity index (χ0n) is 17.6. The van der Waals surface area contributed by atoms with Crippen LogP contribution in [-0.4, -0.2) is 51.0 Å². The summed E-state index contributed by atoms with van der Waals surface area (Å²) in [4.78, 5) is 24.2. The van der Waals surface area contributed by atoms with Crippen molar-refractivity contribution in [2.24, 2.45) is 5.10 Å². The number of phenolic OH excluding ortho intramolecular Hbond substituents is 1. The Kier molecular flexibility index (Phi) is 8.44. The summed E-state index contributed by atoms with van der Waals surface area (Å²) >= 11 is 0. The summed E-state index contributed by atoms with van der Waals surface area (Å²) in [6, 6.07) is 7.96. The number of nitrogens with zero attached hydrogens (tertiary/aromatic N) is 1. The number of carbonyl (C=O) groups excluding carboxylic acids is 2. The van der Waals surface area contributed by atoms with Crippen molar-refractivity contribution in [3.05, 3.63) is 59.7 Å². The van der Waals surface area contributed by atoms with Crippen LogP contribution in [0.3, 0.4) is 0 Å². The van der Waals surface area contributed by atoms with Crippen LogP contribution >= 0.6 is 0 Å². The molecule has 0 aliphatic rings. The first-order valence-corrected chi connectivity index (χ1v) is 9.26. The first kappa shape index (κ1) is 23.3. The van der Waals surface area contributed by atoms with Crippen molar-refractivity contribution in [1.29, 1.82) is 0 Å². The van der Waals surface area contributed by atoms with Gasteiger partial charge in [0.25, 0.3) is 11.8 Å². The van der Waals surface area contributed by atoms with E-state index in [4.69, 9.17) is 14.2 Å². The second-order valence-corrected chi connectivity index (χ2v) is 6.27. The summed E-state index contributed by atoms with van der Waals surface area (Å²) < 4.78 is 15.4. The summed E-state index contributed by atoms with van der Waals surface area (Å²) in [5.41, 5.74) is 3.88. The fourth-order valence-corrected chi connectivity index (χ4v) is 2.69. The van der Waals surface area contributed by atoms with Crippen LogP contribution in [0.5, 0.6) is 23.0 Å². The van der Waals surface area contributed by atoms with Crippen molar-refractivity contribution in [2.75, 3.05) is 27.9 Å². The zero-order valence-corrected chi connectivity index (χ0v) is 17.6. The molecule has 2 aromatic carbocycles. The Bertz CT molecular complexity index is 987. The number of ether oxygens (including phenoxy) is 3. The molecule has 0 bridgehead atoms. The smallest absolute Gasteiger partial charge is 0.259 e. The molecule has 0 unspecified atom stereocenters. The van der Waals surface area contributed by atoms with Gasteiger partial charge in [-0.1, -0.05) is 6.08 Å². The van der Waals surface area contributed by atoms with E-state index >= 15 is 0 Å². The van der Waals surface area contributed by atoms with Gasteiger partial charge in [-0.25, -0.2) is 5.43 Å².